The first-order chi connectivity index (χ1) is 8.72. The van der Waals surface area contributed by atoms with Crippen molar-refractivity contribution in [3.8, 4) is 0 Å². The van der Waals surface area contributed by atoms with E-state index >= 15 is 0 Å². The molecule has 0 spiro atoms. The average molecular weight is 271 g/mol. The molecule has 0 aliphatic heterocycles. The summed E-state index contributed by atoms with van der Waals surface area (Å²) in [5, 5.41) is 6.70. The molecule has 1 aromatic rings. The van der Waals surface area contributed by atoms with Crippen LogP contribution in [0.15, 0.2) is 24.3 Å². The second-order valence-electron chi connectivity index (χ2n) is 3.88. The van der Waals surface area contributed by atoms with Gasteiger partial charge in [0.25, 0.3) is 0 Å². The van der Waals surface area contributed by atoms with Gasteiger partial charge in [-0.05, 0) is 30.7 Å². The van der Waals surface area contributed by atoms with Crippen molar-refractivity contribution in [1.29, 1.82) is 0 Å². The van der Waals surface area contributed by atoms with Gasteiger partial charge in [-0.1, -0.05) is 11.6 Å². The molecule has 1 rings (SSSR count). The number of rotatable bonds is 8. The van der Waals surface area contributed by atoms with Crippen LogP contribution in [-0.4, -0.2) is 32.7 Å². The molecule has 4 nitrogen and oxygen atoms in total. The van der Waals surface area contributed by atoms with Crippen LogP contribution in [0, 0.1) is 0 Å². The fraction of sp³-hybridized carbons (Fsp3) is 0.462. The molecule has 0 bridgehead atoms. The van der Waals surface area contributed by atoms with Crippen molar-refractivity contribution in [2.45, 2.75) is 12.8 Å². The van der Waals surface area contributed by atoms with Crippen LogP contribution in [0.5, 0.6) is 0 Å². The number of amides is 1. The van der Waals surface area contributed by atoms with Crippen LogP contribution in [-0.2, 0) is 9.53 Å². The van der Waals surface area contributed by atoms with E-state index < -0.39 is 0 Å². The van der Waals surface area contributed by atoms with Gasteiger partial charge in [-0.15, -0.1) is 0 Å². The highest BCUT2D eigenvalue weighted by Gasteiger charge is 2.00. The predicted octanol–water partition coefficient (Wildman–Crippen LogP) is 2.29. The highest BCUT2D eigenvalue weighted by Crippen LogP contribution is 2.12. The van der Waals surface area contributed by atoms with Crippen molar-refractivity contribution in [3.63, 3.8) is 0 Å². The summed E-state index contributed by atoms with van der Waals surface area (Å²) in [5.74, 6) is 0.0487. The number of halogens is 1. The van der Waals surface area contributed by atoms with Crippen molar-refractivity contribution in [2.24, 2.45) is 0 Å². The summed E-state index contributed by atoms with van der Waals surface area (Å²) in [6.07, 6.45) is 1.29. The number of hydrogen-bond donors (Lipinski definition) is 2. The molecular weight excluding hydrogens is 252 g/mol. The monoisotopic (exact) mass is 270 g/mol. The second kappa shape index (κ2) is 8.78. The van der Waals surface area contributed by atoms with Gasteiger partial charge in [-0.25, -0.2) is 0 Å². The SMILES string of the molecule is COCCCNC(=O)CCNc1ccc(Cl)cc1. The largest absolute Gasteiger partial charge is 0.385 e. The second-order valence-corrected chi connectivity index (χ2v) is 4.32. The van der Waals surface area contributed by atoms with E-state index in [1.54, 1.807) is 7.11 Å². The Balaban J connectivity index is 2.10. The van der Waals surface area contributed by atoms with Crippen molar-refractivity contribution in [3.05, 3.63) is 29.3 Å². The molecule has 0 unspecified atom stereocenters. The molecule has 100 valence electrons. The molecule has 0 fully saturated rings. The first kappa shape index (κ1) is 14.8. The molecule has 0 saturated heterocycles. The smallest absolute Gasteiger partial charge is 0.221 e. The third-order valence-electron chi connectivity index (χ3n) is 2.37. The van der Waals surface area contributed by atoms with E-state index in [0.717, 1.165) is 12.1 Å². The number of anilines is 1. The van der Waals surface area contributed by atoms with E-state index in [2.05, 4.69) is 10.6 Å². The molecule has 0 aliphatic carbocycles. The van der Waals surface area contributed by atoms with E-state index in [0.29, 0.717) is 31.1 Å². The molecule has 0 radical (unpaired) electrons. The summed E-state index contributed by atoms with van der Waals surface area (Å²) >= 11 is 5.78. The zero-order valence-electron chi connectivity index (χ0n) is 10.5. The zero-order chi connectivity index (χ0) is 13.2. The fourth-order valence-electron chi connectivity index (χ4n) is 1.42. The number of ether oxygens (including phenoxy) is 1. The van der Waals surface area contributed by atoms with Gasteiger partial charge in [0.05, 0.1) is 0 Å². The fourth-order valence-corrected chi connectivity index (χ4v) is 1.55. The Morgan fingerprint density at radius 2 is 2.00 bits per heavy atom. The Morgan fingerprint density at radius 3 is 2.67 bits per heavy atom. The lowest BCUT2D eigenvalue weighted by atomic mass is 10.3. The van der Waals surface area contributed by atoms with E-state index in [4.69, 9.17) is 16.3 Å². The number of carbonyl (C=O) groups is 1. The van der Waals surface area contributed by atoms with Crippen molar-refractivity contribution < 1.29 is 9.53 Å². The van der Waals surface area contributed by atoms with Gasteiger partial charge < -0.3 is 15.4 Å². The van der Waals surface area contributed by atoms with E-state index in [-0.39, 0.29) is 5.91 Å². The Labute approximate surface area is 113 Å². The average Bonchev–Trinajstić information content (AvgIpc) is 2.37. The summed E-state index contributed by atoms with van der Waals surface area (Å²) in [6, 6.07) is 7.40. The van der Waals surface area contributed by atoms with Gasteiger partial charge in [-0.2, -0.15) is 0 Å². The van der Waals surface area contributed by atoms with E-state index in [1.165, 1.54) is 0 Å². The maximum Gasteiger partial charge on any atom is 0.221 e. The molecule has 0 heterocycles. The van der Waals surface area contributed by atoms with E-state index in [1.807, 2.05) is 24.3 Å². The van der Waals surface area contributed by atoms with Crippen LogP contribution in [0.25, 0.3) is 0 Å². The molecule has 5 heteroatoms. The minimum Gasteiger partial charge on any atom is -0.385 e. The maximum absolute atomic E-state index is 11.4. The van der Waals surface area contributed by atoms with E-state index in [9.17, 15) is 4.79 Å². The summed E-state index contributed by atoms with van der Waals surface area (Å²) in [5.41, 5.74) is 0.964. The van der Waals surface area contributed by atoms with Crippen LogP contribution < -0.4 is 10.6 Å². The molecule has 0 atom stereocenters. The predicted molar refractivity (Wildman–Crippen MR) is 74.1 cm³/mol. The minimum atomic E-state index is 0.0487. The molecule has 18 heavy (non-hydrogen) atoms. The number of nitrogens with one attached hydrogen (secondary N) is 2. The first-order valence-electron chi connectivity index (χ1n) is 5.97. The topological polar surface area (TPSA) is 50.4 Å². The molecule has 0 aliphatic rings. The molecule has 2 N–H and O–H groups in total. The summed E-state index contributed by atoms with van der Waals surface area (Å²) in [6.45, 7) is 1.94. The quantitative estimate of drug-likeness (QED) is 0.713. The van der Waals surface area contributed by atoms with Crippen LogP contribution >= 0.6 is 11.6 Å². The third kappa shape index (κ3) is 6.47. The molecule has 1 aromatic carbocycles. The van der Waals surface area contributed by atoms with Crippen LogP contribution in [0.4, 0.5) is 5.69 Å². The lowest BCUT2D eigenvalue weighted by Crippen LogP contribution is -2.26. The highest BCUT2D eigenvalue weighted by molar-refractivity contribution is 6.30. The van der Waals surface area contributed by atoms with Gasteiger partial charge in [0.15, 0.2) is 0 Å². The Kier molecular flexibility index (Phi) is 7.22. The molecule has 0 saturated carbocycles. The van der Waals surface area contributed by atoms with Gasteiger partial charge >= 0.3 is 0 Å². The van der Waals surface area contributed by atoms with Crippen molar-refractivity contribution >= 4 is 23.2 Å². The van der Waals surface area contributed by atoms with Gasteiger partial charge in [0, 0.05) is 43.9 Å². The normalized spacial score (nSPS) is 10.1. The molecular formula is C13H19ClN2O2. The zero-order valence-corrected chi connectivity index (χ0v) is 11.3. The van der Waals surface area contributed by atoms with Crippen LogP contribution in [0.2, 0.25) is 5.02 Å². The van der Waals surface area contributed by atoms with Crippen LogP contribution in [0.3, 0.4) is 0 Å². The molecule has 0 aromatic heterocycles. The Morgan fingerprint density at radius 1 is 1.28 bits per heavy atom. The third-order valence-corrected chi connectivity index (χ3v) is 2.62. The Hall–Kier alpha value is -1.26. The van der Waals surface area contributed by atoms with Crippen molar-refractivity contribution in [1.82, 2.24) is 5.32 Å². The Bertz CT molecular complexity index is 355. The minimum absolute atomic E-state index is 0.0487. The standard InChI is InChI=1S/C13H19ClN2O2/c1-18-10-2-8-16-13(17)7-9-15-12-5-3-11(14)4-6-12/h3-6,15H,2,7-10H2,1H3,(H,16,17). The lowest BCUT2D eigenvalue weighted by Gasteiger charge is -2.07. The lowest BCUT2D eigenvalue weighted by molar-refractivity contribution is -0.120. The van der Waals surface area contributed by atoms with Gasteiger partial charge in [0.2, 0.25) is 5.91 Å². The number of carbonyl (C=O) groups excluding carboxylic acids is 1. The highest BCUT2D eigenvalue weighted by atomic mass is 35.5. The number of benzene rings is 1. The van der Waals surface area contributed by atoms with Gasteiger partial charge in [0.1, 0.15) is 0 Å². The first-order valence-corrected chi connectivity index (χ1v) is 6.35. The number of hydrogen-bond acceptors (Lipinski definition) is 3. The maximum atomic E-state index is 11.4. The summed E-state index contributed by atoms with van der Waals surface area (Å²) in [7, 11) is 1.65. The van der Waals surface area contributed by atoms with Gasteiger partial charge in [-0.3, -0.25) is 4.79 Å². The molecule has 1 amide bonds. The van der Waals surface area contributed by atoms with Crippen molar-refractivity contribution in [2.75, 3.05) is 32.1 Å². The summed E-state index contributed by atoms with van der Waals surface area (Å²) < 4.78 is 4.90. The number of methoxy groups -OCH3 is 1. The van der Waals surface area contributed by atoms with Crippen LogP contribution in [0.1, 0.15) is 12.8 Å². The summed E-state index contributed by atoms with van der Waals surface area (Å²) in [4.78, 5) is 11.4.